The Balaban J connectivity index is 1.83. The van der Waals surface area contributed by atoms with E-state index < -0.39 is 0 Å². The Morgan fingerprint density at radius 2 is 1.91 bits per heavy atom. The molecule has 0 spiro atoms. The first kappa shape index (κ1) is 15.4. The van der Waals surface area contributed by atoms with Gasteiger partial charge in [-0.3, -0.25) is 9.36 Å². The van der Waals surface area contributed by atoms with E-state index in [0.29, 0.717) is 15.9 Å². The zero-order chi connectivity index (χ0) is 16.2. The lowest BCUT2D eigenvalue weighted by molar-refractivity contribution is 0.0939. The number of amides is 1. The van der Waals surface area contributed by atoms with Gasteiger partial charge in [0.2, 0.25) is 0 Å². The SMILES string of the molecule is C[C@@H](NC(=O)c1cc(-n2cnnc2)ncc1Br)c1ccccc1. The molecule has 0 saturated carbocycles. The van der Waals surface area contributed by atoms with Gasteiger partial charge in [-0.2, -0.15) is 0 Å². The summed E-state index contributed by atoms with van der Waals surface area (Å²) in [5.74, 6) is 0.403. The van der Waals surface area contributed by atoms with Crippen LogP contribution >= 0.6 is 15.9 Å². The topological polar surface area (TPSA) is 72.7 Å². The molecule has 0 aliphatic rings. The molecule has 0 radical (unpaired) electrons. The zero-order valence-electron chi connectivity index (χ0n) is 12.3. The van der Waals surface area contributed by atoms with Crippen LogP contribution in [0, 0.1) is 0 Å². The fourth-order valence-corrected chi connectivity index (χ4v) is 2.56. The van der Waals surface area contributed by atoms with Crippen LogP contribution in [-0.2, 0) is 0 Å². The highest BCUT2D eigenvalue weighted by Gasteiger charge is 2.15. The van der Waals surface area contributed by atoms with Gasteiger partial charge in [0, 0.05) is 10.7 Å². The number of nitrogens with zero attached hydrogens (tertiary/aromatic N) is 4. The molecule has 1 N–H and O–H groups in total. The molecule has 3 rings (SSSR count). The summed E-state index contributed by atoms with van der Waals surface area (Å²) in [6, 6.07) is 11.4. The molecular weight excluding hydrogens is 358 g/mol. The summed E-state index contributed by atoms with van der Waals surface area (Å²) in [6.45, 7) is 1.95. The molecule has 0 fully saturated rings. The van der Waals surface area contributed by atoms with Crippen molar-refractivity contribution in [2.45, 2.75) is 13.0 Å². The summed E-state index contributed by atoms with van der Waals surface area (Å²) in [6.07, 6.45) is 4.66. The number of nitrogens with one attached hydrogen (secondary N) is 1. The van der Waals surface area contributed by atoms with E-state index in [1.54, 1.807) is 16.8 Å². The lowest BCUT2D eigenvalue weighted by Gasteiger charge is -2.15. The fourth-order valence-electron chi connectivity index (χ4n) is 2.16. The van der Waals surface area contributed by atoms with Gasteiger partial charge in [-0.25, -0.2) is 4.98 Å². The summed E-state index contributed by atoms with van der Waals surface area (Å²) in [7, 11) is 0. The first-order chi connectivity index (χ1) is 11.1. The largest absolute Gasteiger partial charge is 0.345 e. The molecule has 2 aromatic heterocycles. The Morgan fingerprint density at radius 1 is 1.22 bits per heavy atom. The zero-order valence-corrected chi connectivity index (χ0v) is 13.9. The first-order valence-corrected chi connectivity index (χ1v) is 7.81. The molecule has 23 heavy (non-hydrogen) atoms. The van der Waals surface area contributed by atoms with Gasteiger partial charge >= 0.3 is 0 Å². The molecule has 0 saturated heterocycles. The molecule has 0 bridgehead atoms. The predicted octanol–water partition coefficient (Wildman–Crippen LogP) is 2.92. The van der Waals surface area contributed by atoms with E-state index in [-0.39, 0.29) is 11.9 Å². The maximum Gasteiger partial charge on any atom is 0.253 e. The van der Waals surface area contributed by atoms with Crippen LogP contribution in [0.5, 0.6) is 0 Å². The highest BCUT2D eigenvalue weighted by atomic mass is 79.9. The second-order valence-corrected chi connectivity index (χ2v) is 5.85. The van der Waals surface area contributed by atoms with Gasteiger partial charge in [0.25, 0.3) is 5.91 Å². The van der Waals surface area contributed by atoms with Crippen molar-refractivity contribution in [3.8, 4) is 5.82 Å². The summed E-state index contributed by atoms with van der Waals surface area (Å²) in [5, 5.41) is 10.5. The number of hydrogen-bond acceptors (Lipinski definition) is 4. The van der Waals surface area contributed by atoms with Crippen LogP contribution in [0.1, 0.15) is 28.9 Å². The van der Waals surface area contributed by atoms with Crippen molar-refractivity contribution >= 4 is 21.8 Å². The van der Waals surface area contributed by atoms with Gasteiger partial charge < -0.3 is 5.32 Å². The van der Waals surface area contributed by atoms with Crippen molar-refractivity contribution in [2.24, 2.45) is 0 Å². The maximum atomic E-state index is 12.6. The second kappa shape index (κ2) is 6.70. The van der Waals surface area contributed by atoms with E-state index in [2.05, 4.69) is 36.4 Å². The number of rotatable bonds is 4. The summed E-state index contributed by atoms with van der Waals surface area (Å²) >= 11 is 3.38. The van der Waals surface area contributed by atoms with E-state index in [0.717, 1.165) is 5.56 Å². The highest BCUT2D eigenvalue weighted by molar-refractivity contribution is 9.10. The lowest BCUT2D eigenvalue weighted by atomic mass is 10.1. The summed E-state index contributed by atoms with van der Waals surface area (Å²) in [5.41, 5.74) is 1.55. The summed E-state index contributed by atoms with van der Waals surface area (Å²) < 4.78 is 2.27. The van der Waals surface area contributed by atoms with Crippen LogP contribution in [-0.4, -0.2) is 25.7 Å². The average Bonchev–Trinajstić information content (AvgIpc) is 3.10. The van der Waals surface area contributed by atoms with Crippen molar-refractivity contribution in [3.63, 3.8) is 0 Å². The molecule has 0 aliphatic carbocycles. The number of carbonyl (C=O) groups excluding carboxylic acids is 1. The van der Waals surface area contributed by atoms with E-state index in [9.17, 15) is 4.79 Å². The molecule has 6 nitrogen and oxygen atoms in total. The molecule has 1 aromatic carbocycles. The average molecular weight is 372 g/mol. The van der Waals surface area contributed by atoms with E-state index in [1.165, 1.54) is 12.7 Å². The van der Waals surface area contributed by atoms with Crippen molar-refractivity contribution in [1.82, 2.24) is 25.1 Å². The van der Waals surface area contributed by atoms with Gasteiger partial charge in [-0.05, 0) is 34.5 Å². The Labute approximate surface area is 141 Å². The minimum absolute atomic E-state index is 0.0953. The third-order valence-corrected chi connectivity index (χ3v) is 4.05. The highest BCUT2D eigenvalue weighted by Crippen LogP contribution is 2.20. The number of pyridine rings is 1. The molecule has 2 heterocycles. The third kappa shape index (κ3) is 3.45. The molecule has 0 aliphatic heterocycles. The Hall–Kier alpha value is -2.54. The van der Waals surface area contributed by atoms with Crippen molar-refractivity contribution in [3.05, 3.63) is 70.8 Å². The number of aromatic nitrogens is 4. The standard InChI is InChI=1S/C16H14BrN5O/c1-11(12-5-3-2-4-6-12)21-16(23)13-7-15(18-8-14(13)17)22-9-19-20-10-22/h2-11H,1H3,(H,21,23)/t11-/m1/s1. The number of carbonyl (C=O) groups is 1. The molecule has 7 heteroatoms. The van der Waals surface area contributed by atoms with Gasteiger partial charge in [0.15, 0.2) is 0 Å². The van der Waals surface area contributed by atoms with Crippen molar-refractivity contribution < 1.29 is 4.79 Å². The van der Waals surface area contributed by atoms with E-state index in [1.807, 2.05) is 37.3 Å². The lowest BCUT2D eigenvalue weighted by Crippen LogP contribution is -2.27. The minimum Gasteiger partial charge on any atom is -0.345 e. The van der Waals surface area contributed by atoms with Gasteiger partial charge in [-0.1, -0.05) is 30.3 Å². The Morgan fingerprint density at radius 3 is 2.61 bits per heavy atom. The molecule has 0 unspecified atom stereocenters. The van der Waals surface area contributed by atoms with Gasteiger partial charge in [-0.15, -0.1) is 10.2 Å². The molecular formula is C16H14BrN5O. The third-order valence-electron chi connectivity index (χ3n) is 3.42. The quantitative estimate of drug-likeness (QED) is 0.765. The Kier molecular flexibility index (Phi) is 4.47. The summed E-state index contributed by atoms with van der Waals surface area (Å²) in [4.78, 5) is 16.8. The van der Waals surface area contributed by atoms with Gasteiger partial charge in [0.1, 0.15) is 18.5 Å². The van der Waals surface area contributed by atoms with Crippen LogP contribution < -0.4 is 5.32 Å². The fraction of sp³-hybridized carbons (Fsp3) is 0.125. The molecule has 1 atom stereocenters. The number of halogens is 1. The van der Waals surface area contributed by atoms with Crippen LogP contribution in [0.4, 0.5) is 0 Å². The monoisotopic (exact) mass is 371 g/mol. The maximum absolute atomic E-state index is 12.6. The van der Waals surface area contributed by atoms with Crippen LogP contribution in [0.2, 0.25) is 0 Å². The first-order valence-electron chi connectivity index (χ1n) is 7.01. The Bertz CT molecular complexity index is 805. The van der Waals surface area contributed by atoms with Crippen molar-refractivity contribution in [1.29, 1.82) is 0 Å². The second-order valence-electron chi connectivity index (χ2n) is 5.00. The minimum atomic E-state index is -0.176. The molecule has 116 valence electrons. The number of hydrogen-bond donors (Lipinski definition) is 1. The van der Waals surface area contributed by atoms with Gasteiger partial charge in [0.05, 0.1) is 11.6 Å². The van der Waals surface area contributed by atoms with Crippen LogP contribution in [0.25, 0.3) is 5.82 Å². The normalized spacial score (nSPS) is 11.9. The van der Waals surface area contributed by atoms with E-state index in [4.69, 9.17) is 0 Å². The molecule has 3 aromatic rings. The smallest absolute Gasteiger partial charge is 0.253 e. The van der Waals surface area contributed by atoms with Crippen LogP contribution in [0.3, 0.4) is 0 Å². The molecule has 1 amide bonds. The van der Waals surface area contributed by atoms with E-state index >= 15 is 0 Å². The van der Waals surface area contributed by atoms with Crippen molar-refractivity contribution in [2.75, 3.05) is 0 Å². The van der Waals surface area contributed by atoms with Crippen LogP contribution in [0.15, 0.2) is 59.7 Å². The number of benzene rings is 1. The predicted molar refractivity (Wildman–Crippen MR) is 89.2 cm³/mol.